The summed E-state index contributed by atoms with van der Waals surface area (Å²) in [5.74, 6) is 0.795. The quantitative estimate of drug-likeness (QED) is 0.730. The molecule has 3 aromatic rings. The second-order valence-electron chi connectivity index (χ2n) is 6.19. The van der Waals surface area contributed by atoms with Crippen molar-refractivity contribution in [2.45, 2.75) is 19.9 Å². The van der Waals surface area contributed by atoms with Crippen LogP contribution in [-0.2, 0) is 17.7 Å². The number of oxazole rings is 1. The standard InChI is InChI=1S/C20H22N2O2/c1-2-20-21-18-13-15(7-8-19(18)24-20)17-6-4-3-5-16(17)14-22-9-11-23-12-10-22/h3-8,13H,2,9-12,14H2,1H3. The summed E-state index contributed by atoms with van der Waals surface area (Å²) in [6.45, 7) is 6.66. The molecule has 4 nitrogen and oxygen atoms in total. The zero-order chi connectivity index (χ0) is 16.4. The number of aryl methyl sites for hydroxylation is 1. The lowest BCUT2D eigenvalue weighted by molar-refractivity contribution is 0.0342. The molecule has 1 aromatic heterocycles. The van der Waals surface area contributed by atoms with Crippen LogP contribution in [-0.4, -0.2) is 36.2 Å². The zero-order valence-electron chi connectivity index (χ0n) is 14.0. The van der Waals surface area contributed by atoms with Crippen molar-refractivity contribution in [1.29, 1.82) is 0 Å². The molecule has 0 spiro atoms. The van der Waals surface area contributed by atoms with E-state index in [0.29, 0.717) is 0 Å². The van der Waals surface area contributed by atoms with Gasteiger partial charge in [0.2, 0.25) is 0 Å². The molecule has 0 bridgehead atoms. The Hall–Kier alpha value is -2.17. The molecule has 4 rings (SSSR count). The number of benzene rings is 2. The van der Waals surface area contributed by atoms with E-state index < -0.39 is 0 Å². The van der Waals surface area contributed by atoms with Crippen molar-refractivity contribution in [3.05, 3.63) is 53.9 Å². The van der Waals surface area contributed by atoms with Crippen LogP contribution in [0.25, 0.3) is 22.2 Å². The van der Waals surface area contributed by atoms with E-state index in [9.17, 15) is 0 Å². The monoisotopic (exact) mass is 322 g/mol. The van der Waals surface area contributed by atoms with Crippen molar-refractivity contribution in [3.63, 3.8) is 0 Å². The molecule has 0 aliphatic carbocycles. The summed E-state index contributed by atoms with van der Waals surface area (Å²) in [5, 5.41) is 0. The van der Waals surface area contributed by atoms with Crippen molar-refractivity contribution < 1.29 is 9.15 Å². The van der Waals surface area contributed by atoms with Gasteiger partial charge in [0.15, 0.2) is 11.5 Å². The third-order valence-electron chi connectivity index (χ3n) is 4.56. The second-order valence-corrected chi connectivity index (χ2v) is 6.19. The minimum atomic E-state index is 0.795. The van der Waals surface area contributed by atoms with E-state index in [1.807, 2.05) is 6.07 Å². The molecule has 2 heterocycles. The van der Waals surface area contributed by atoms with E-state index >= 15 is 0 Å². The van der Waals surface area contributed by atoms with Crippen molar-refractivity contribution in [2.24, 2.45) is 0 Å². The largest absolute Gasteiger partial charge is 0.441 e. The van der Waals surface area contributed by atoms with E-state index in [1.54, 1.807) is 0 Å². The average Bonchev–Trinajstić information content (AvgIpc) is 3.05. The van der Waals surface area contributed by atoms with Crippen LogP contribution in [0.2, 0.25) is 0 Å². The molecule has 1 fully saturated rings. The Bertz CT molecular complexity index is 835. The maximum absolute atomic E-state index is 5.73. The highest BCUT2D eigenvalue weighted by atomic mass is 16.5. The Balaban J connectivity index is 1.67. The predicted octanol–water partition coefficient (Wildman–Crippen LogP) is 3.89. The number of rotatable bonds is 4. The van der Waals surface area contributed by atoms with Gasteiger partial charge in [0.25, 0.3) is 0 Å². The number of hydrogen-bond acceptors (Lipinski definition) is 4. The maximum atomic E-state index is 5.73. The van der Waals surface area contributed by atoms with Crippen LogP contribution in [0.3, 0.4) is 0 Å². The number of aromatic nitrogens is 1. The van der Waals surface area contributed by atoms with E-state index in [-0.39, 0.29) is 0 Å². The van der Waals surface area contributed by atoms with Crippen LogP contribution in [0.15, 0.2) is 46.9 Å². The van der Waals surface area contributed by atoms with Gasteiger partial charge in [0.1, 0.15) is 5.52 Å². The summed E-state index contributed by atoms with van der Waals surface area (Å²) < 4.78 is 11.2. The molecule has 124 valence electrons. The fourth-order valence-corrected chi connectivity index (χ4v) is 3.23. The van der Waals surface area contributed by atoms with Gasteiger partial charge >= 0.3 is 0 Å². The predicted molar refractivity (Wildman–Crippen MR) is 94.9 cm³/mol. The Morgan fingerprint density at radius 2 is 1.92 bits per heavy atom. The SMILES string of the molecule is CCc1nc2cc(-c3ccccc3CN3CCOCC3)ccc2o1. The van der Waals surface area contributed by atoms with E-state index in [2.05, 4.69) is 53.2 Å². The summed E-state index contributed by atoms with van der Waals surface area (Å²) >= 11 is 0. The molecular formula is C20H22N2O2. The summed E-state index contributed by atoms with van der Waals surface area (Å²) in [6, 6.07) is 14.9. The smallest absolute Gasteiger partial charge is 0.195 e. The third-order valence-corrected chi connectivity index (χ3v) is 4.56. The van der Waals surface area contributed by atoms with Gasteiger partial charge in [-0.2, -0.15) is 0 Å². The molecule has 0 unspecified atom stereocenters. The van der Waals surface area contributed by atoms with Crippen LogP contribution in [0.1, 0.15) is 18.4 Å². The molecule has 0 atom stereocenters. The Morgan fingerprint density at radius 3 is 2.75 bits per heavy atom. The van der Waals surface area contributed by atoms with Crippen LogP contribution in [0, 0.1) is 0 Å². The lowest BCUT2D eigenvalue weighted by Gasteiger charge is -2.27. The molecule has 1 aliphatic heterocycles. The summed E-state index contributed by atoms with van der Waals surface area (Å²) in [5.41, 5.74) is 5.61. The summed E-state index contributed by atoms with van der Waals surface area (Å²) in [4.78, 5) is 7.02. The Labute approximate surface area is 142 Å². The summed E-state index contributed by atoms with van der Waals surface area (Å²) in [7, 11) is 0. The maximum Gasteiger partial charge on any atom is 0.195 e. The van der Waals surface area contributed by atoms with Gasteiger partial charge in [0.05, 0.1) is 13.2 Å². The van der Waals surface area contributed by atoms with Gasteiger partial charge in [-0.15, -0.1) is 0 Å². The van der Waals surface area contributed by atoms with Crippen LogP contribution < -0.4 is 0 Å². The number of morpholine rings is 1. The second kappa shape index (κ2) is 6.75. The van der Waals surface area contributed by atoms with Crippen molar-refractivity contribution >= 4 is 11.1 Å². The molecule has 0 radical (unpaired) electrons. The van der Waals surface area contributed by atoms with E-state index in [0.717, 1.165) is 56.3 Å². The minimum Gasteiger partial charge on any atom is -0.441 e. The van der Waals surface area contributed by atoms with Gasteiger partial charge < -0.3 is 9.15 Å². The van der Waals surface area contributed by atoms with E-state index in [1.165, 1.54) is 16.7 Å². The molecule has 0 saturated carbocycles. The number of ether oxygens (including phenoxy) is 1. The molecule has 4 heteroatoms. The molecule has 0 amide bonds. The van der Waals surface area contributed by atoms with E-state index in [4.69, 9.17) is 9.15 Å². The molecule has 2 aromatic carbocycles. The first-order chi connectivity index (χ1) is 11.8. The van der Waals surface area contributed by atoms with Gasteiger partial charge in [-0.25, -0.2) is 4.98 Å². The lowest BCUT2D eigenvalue weighted by atomic mass is 9.99. The number of hydrogen-bond donors (Lipinski definition) is 0. The molecule has 0 N–H and O–H groups in total. The van der Waals surface area contributed by atoms with Crippen LogP contribution in [0.4, 0.5) is 0 Å². The van der Waals surface area contributed by atoms with Crippen molar-refractivity contribution in [3.8, 4) is 11.1 Å². The molecule has 1 aliphatic rings. The molecule has 24 heavy (non-hydrogen) atoms. The minimum absolute atomic E-state index is 0.795. The van der Waals surface area contributed by atoms with Crippen molar-refractivity contribution in [2.75, 3.05) is 26.3 Å². The lowest BCUT2D eigenvalue weighted by Crippen LogP contribution is -2.35. The highest BCUT2D eigenvalue weighted by Gasteiger charge is 2.14. The summed E-state index contributed by atoms with van der Waals surface area (Å²) in [6.07, 6.45) is 0.817. The van der Waals surface area contributed by atoms with Gasteiger partial charge in [-0.05, 0) is 28.8 Å². The highest BCUT2D eigenvalue weighted by Crippen LogP contribution is 2.28. The highest BCUT2D eigenvalue weighted by molar-refractivity contribution is 5.81. The zero-order valence-corrected chi connectivity index (χ0v) is 14.0. The van der Waals surface area contributed by atoms with Crippen molar-refractivity contribution in [1.82, 2.24) is 9.88 Å². The number of nitrogens with zero attached hydrogens (tertiary/aromatic N) is 2. The fraction of sp³-hybridized carbons (Fsp3) is 0.350. The fourth-order valence-electron chi connectivity index (χ4n) is 3.23. The Kier molecular flexibility index (Phi) is 4.32. The van der Waals surface area contributed by atoms with Crippen LogP contribution >= 0.6 is 0 Å². The first-order valence-corrected chi connectivity index (χ1v) is 8.61. The molecule has 1 saturated heterocycles. The van der Waals surface area contributed by atoms with Gasteiger partial charge in [-0.3, -0.25) is 4.90 Å². The normalized spacial score (nSPS) is 15.9. The van der Waals surface area contributed by atoms with Gasteiger partial charge in [-0.1, -0.05) is 37.3 Å². The third kappa shape index (κ3) is 3.07. The first kappa shape index (κ1) is 15.4. The first-order valence-electron chi connectivity index (χ1n) is 8.61. The average molecular weight is 322 g/mol. The van der Waals surface area contributed by atoms with Crippen LogP contribution in [0.5, 0.6) is 0 Å². The topological polar surface area (TPSA) is 38.5 Å². The van der Waals surface area contributed by atoms with Gasteiger partial charge in [0, 0.05) is 26.1 Å². The number of fused-ring (bicyclic) bond motifs is 1. The Morgan fingerprint density at radius 1 is 1.08 bits per heavy atom. The molecular weight excluding hydrogens is 300 g/mol.